The molecule has 0 atom stereocenters. The van der Waals surface area contributed by atoms with Crippen LogP contribution in [0.3, 0.4) is 0 Å². The summed E-state index contributed by atoms with van der Waals surface area (Å²) in [7, 11) is 0. The SMILES string of the molecule is CCNC(=NCc1cccc(Cn2ccnc2C)c1)N1CCC(C)CC1.I. The van der Waals surface area contributed by atoms with Crippen molar-refractivity contribution in [3.05, 3.63) is 53.6 Å². The molecule has 1 aliphatic rings. The molecule has 6 heteroatoms. The Balaban J connectivity index is 0.00000261. The van der Waals surface area contributed by atoms with Gasteiger partial charge in [-0.05, 0) is 43.7 Å². The van der Waals surface area contributed by atoms with E-state index in [1.165, 1.54) is 24.0 Å². The van der Waals surface area contributed by atoms with Gasteiger partial charge in [-0.1, -0.05) is 31.2 Å². The highest BCUT2D eigenvalue weighted by Crippen LogP contribution is 2.16. The number of aromatic nitrogens is 2. The van der Waals surface area contributed by atoms with E-state index in [2.05, 4.69) is 57.9 Å². The van der Waals surface area contributed by atoms with Crippen molar-refractivity contribution >= 4 is 29.9 Å². The predicted molar refractivity (Wildman–Crippen MR) is 123 cm³/mol. The van der Waals surface area contributed by atoms with Gasteiger partial charge >= 0.3 is 0 Å². The van der Waals surface area contributed by atoms with Crippen LogP contribution >= 0.6 is 24.0 Å². The molecule has 5 nitrogen and oxygen atoms in total. The van der Waals surface area contributed by atoms with Crippen molar-refractivity contribution < 1.29 is 0 Å². The average Bonchev–Trinajstić information content (AvgIpc) is 3.04. The zero-order chi connectivity index (χ0) is 18.4. The molecular weight excluding hydrogens is 449 g/mol. The number of hydrogen-bond donors (Lipinski definition) is 1. The third-order valence-electron chi connectivity index (χ3n) is 5.10. The molecule has 0 saturated carbocycles. The Kier molecular flexibility index (Phi) is 8.60. The molecule has 0 amide bonds. The van der Waals surface area contributed by atoms with Gasteiger partial charge < -0.3 is 14.8 Å². The number of halogens is 1. The fourth-order valence-electron chi connectivity index (χ4n) is 3.41. The second-order valence-corrected chi connectivity index (χ2v) is 7.26. The third-order valence-corrected chi connectivity index (χ3v) is 5.10. The van der Waals surface area contributed by atoms with Crippen LogP contribution in [0.15, 0.2) is 41.7 Å². The largest absolute Gasteiger partial charge is 0.357 e. The van der Waals surface area contributed by atoms with E-state index in [4.69, 9.17) is 4.99 Å². The molecule has 1 fully saturated rings. The molecule has 3 rings (SSSR count). The molecule has 148 valence electrons. The number of aryl methyl sites for hydroxylation is 1. The highest BCUT2D eigenvalue weighted by molar-refractivity contribution is 14.0. The Morgan fingerprint density at radius 1 is 1.26 bits per heavy atom. The summed E-state index contributed by atoms with van der Waals surface area (Å²) in [5.74, 6) is 2.93. The van der Waals surface area contributed by atoms with Gasteiger partial charge in [-0.25, -0.2) is 9.98 Å². The van der Waals surface area contributed by atoms with Crippen molar-refractivity contribution in [2.75, 3.05) is 19.6 Å². The van der Waals surface area contributed by atoms with Crippen LogP contribution in [-0.4, -0.2) is 40.0 Å². The smallest absolute Gasteiger partial charge is 0.194 e. The summed E-state index contributed by atoms with van der Waals surface area (Å²) in [6, 6.07) is 8.71. The van der Waals surface area contributed by atoms with Crippen LogP contribution in [0.4, 0.5) is 0 Å². The molecule has 1 aliphatic heterocycles. The summed E-state index contributed by atoms with van der Waals surface area (Å²) < 4.78 is 2.17. The Labute approximate surface area is 180 Å². The number of hydrogen-bond acceptors (Lipinski definition) is 2. The van der Waals surface area contributed by atoms with Crippen LogP contribution in [0.2, 0.25) is 0 Å². The molecule has 27 heavy (non-hydrogen) atoms. The summed E-state index contributed by atoms with van der Waals surface area (Å²) in [6.45, 7) is 11.2. The van der Waals surface area contributed by atoms with Crippen molar-refractivity contribution in [2.24, 2.45) is 10.9 Å². The van der Waals surface area contributed by atoms with Gasteiger partial charge in [-0.15, -0.1) is 24.0 Å². The quantitative estimate of drug-likeness (QED) is 0.398. The maximum atomic E-state index is 4.90. The first-order chi connectivity index (χ1) is 12.7. The lowest BCUT2D eigenvalue weighted by Gasteiger charge is -2.33. The van der Waals surface area contributed by atoms with Gasteiger partial charge in [0.2, 0.25) is 0 Å². The number of piperidine rings is 1. The Bertz CT molecular complexity index is 732. The van der Waals surface area contributed by atoms with E-state index < -0.39 is 0 Å². The zero-order valence-corrected chi connectivity index (χ0v) is 19.0. The first-order valence-electron chi connectivity index (χ1n) is 9.74. The highest BCUT2D eigenvalue weighted by Gasteiger charge is 2.18. The molecule has 0 aliphatic carbocycles. The van der Waals surface area contributed by atoms with Crippen LogP contribution in [0.25, 0.3) is 0 Å². The van der Waals surface area contributed by atoms with Gasteiger partial charge in [0.05, 0.1) is 6.54 Å². The van der Waals surface area contributed by atoms with Crippen LogP contribution in [0.5, 0.6) is 0 Å². The van der Waals surface area contributed by atoms with Gasteiger partial charge in [-0.3, -0.25) is 0 Å². The Hall–Kier alpha value is -1.57. The minimum Gasteiger partial charge on any atom is -0.357 e. The second-order valence-electron chi connectivity index (χ2n) is 7.26. The van der Waals surface area contributed by atoms with Crippen molar-refractivity contribution in [1.82, 2.24) is 19.8 Å². The topological polar surface area (TPSA) is 45.5 Å². The number of likely N-dealkylation sites (tertiary alicyclic amines) is 1. The van der Waals surface area contributed by atoms with Crippen LogP contribution in [0, 0.1) is 12.8 Å². The molecule has 0 bridgehead atoms. The van der Waals surface area contributed by atoms with Gasteiger partial charge in [0.1, 0.15) is 5.82 Å². The number of rotatable bonds is 5. The van der Waals surface area contributed by atoms with E-state index in [-0.39, 0.29) is 24.0 Å². The van der Waals surface area contributed by atoms with E-state index in [0.717, 1.165) is 43.9 Å². The number of nitrogens with zero attached hydrogens (tertiary/aromatic N) is 4. The lowest BCUT2D eigenvalue weighted by atomic mass is 10.00. The summed E-state index contributed by atoms with van der Waals surface area (Å²) in [5, 5.41) is 3.46. The van der Waals surface area contributed by atoms with E-state index in [1.807, 2.05) is 19.3 Å². The Morgan fingerprint density at radius 2 is 2.00 bits per heavy atom. The fourth-order valence-corrected chi connectivity index (χ4v) is 3.41. The lowest BCUT2D eigenvalue weighted by Crippen LogP contribution is -2.45. The van der Waals surface area contributed by atoms with Crippen molar-refractivity contribution in [3.63, 3.8) is 0 Å². The molecule has 1 aromatic heterocycles. The minimum absolute atomic E-state index is 0. The second kappa shape index (κ2) is 10.7. The summed E-state index contributed by atoms with van der Waals surface area (Å²) >= 11 is 0. The minimum atomic E-state index is 0. The molecule has 2 aromatic rings. The summed E-state index contributed by atoms with van der Waals surface area (Å²) in [5.41, 5.74) is 2.54. The summed E-state index contributed by atoms with van der Waals surface area (Å²) in [6.07, 6.45) is 6.39. The van der Waals surface area contributed by atoms with Crippen LogP contribution in [-0.2, 0) is 13.1 Å². The maximum Gasteiger partial charge on any atom is 0.194 e. The van der Waals surface area contributed by atoms with Gasteiger partial charge in [0.15, 0.2) is 5.96 Å². The first kappa shape index (κ1) is 21.7. The molecule has 1 N–H and O–H groups in total. The lowest BCUT2D eigenvalue weighted by molar-refractivity contribution is 0.273. The molecule has 2 heterocycles. The van der Waals surface area contributed by atoms with Crippen molar-refractivity contribution in [1.29, 1.82) is 0 Å². The number of benzene rings is 1. The normalized spacial score (nSPS) is 15.5. The van der Waals surface area contributed by atoms with E-state index in [9.17, 15) is 0 Å². The van der Waals surface area contributed by atoms with E-state index in [1.54, 1.807) is 0 Å². The number of nitrogens with one attached hydrogen (secondary N) is 1. The third kappa shape index (κ3) is 6.23. The van der Waals surface area contributed by atoms with E-state index in [0.29, 0.717) is 6.54 Å². The van der Waals surface area contributed by atoms with Crippen molar-refractivity contribution in [3.8, 4) is 0 Å². The molecule has 0 radical (unpaired) electrons. The fraction of sp³-hybridized carbons (Fsp3) is 0.524. The zero-order valence-electron chi connectivity index (χ0n) is 16.7. The monoisotopic (exact) mass is 481 g/mol. The van der Waals surface area contributed by atoms with Crippen LogP contribution in [0.1, 0.15) is 43.6 Å². The first-order valence-corrected chi connectivity index (χ1v) is 9.74. The standard InChI is InChI=1S/C21H31N5.HI/c1-4-22-21(25-11-8-17(2)9-12-25)24-15-19-6-5-7-20(14-19)16-26-13-10-23-18(26)3;/h5-7,10,13-14,17H,4,8-9,11-12,15-16H2,1-3H3,(H,22,24);1H. The van der Waals surface area contributed by atoms with Gasteiger partial charge in [-0.2, -0.15) is 0 Å². The highest BCUT2D eigenvalue weighted by atomic mass is 127. The number of aliphatic imine (C=N–C) groups is 1. The molecule has 1 aromatic carbocycles. The predicted octanol–water partition coefficient (Wildman–Crippen LogP) is 4.06. The molecule has 0 spiro atoms. The summed E-state index contributed by atoms with van der Waals surface area (Å²) in [4.78, 5) is 11.6. The van der Waals surface area contributed by atoms with Gasteiger partial charge in [0.25, 0.3) is 0 Å². The average molecular weight is 481 g/mol. The molecule has 0 unspecified atom stereocenters. The van der Waals surface area contributed by atoms with E-state index >= 15 is 0 Å². The molecular formula is C21H32IN5. The van der Waals surface area contributed by atoms with Crippen LogP contribution < -0.4 is 5.32 Å². The molecule has 1 saturated heterocycles. The Morgan fingerprint density at radius 3 is 2.67 bits per heavy atom. The van der Waals surface area contributed by atoms with Crippen molar-refractivity contribution in [2.45, 2.75) is 46.7 Å². The maximum absolute atomic E-state index is 4.90. The number of guanidine groups is 1. The number of imidazole rings is 1. The van der Waals surface area contributed by atoms with Gasteiger partial charge in [0, 0.05) is 38.6 Å².